The maximum absolute atomic E-state index is 5.14. The van der Waals surface area contributed by atoms with E-state index in [9.17, 15) is 0 Å². The van der Waals surface area contributed by atoms with Gasteiger partial charge in [-0.2, -0.15) is 0 Å². The lowest BCUT2D eigenvalue weighted by Gasteiger charge is -2.14. The van der Waals surface area contributed by atoms with Crippen LogP contribution < -0.4 is 5.32 Å². The average Bonchev–Trinajstić information content (AvgIpc) is 2.65. The molecule has 88 valence electrons. The molecule has 0 heterocycles. The zero-order valence-electron chi connectivity index (χ0n) is 10.2. The van der Waals surface area contributed by atoms with E-state index in [0.717, 1.165) is 5.92 Å². The van der Waals surface area contributed by atoms with Gasteiger partial charge < -0.3 is 10.1 Å². The van der Waals surface area contributed by atoms with Gasteiger partial charge in [0.25, 0.3) is 0 Å². The first kappa shape index (κ1) is 11.5. The number of methoxy groups -OCH3 is 1. The highest BCUT2D eigenvalue weighted by atomic mass is 16.5. The van der Waals surface area contributed by atoms with Crippen LogP contribution in [0, 0.1) is 5.92 Å². The predicted molar refractivity (Wildman–Crippen MR) is 67.6 cm³/mol. The van der Waals surface area contributed by atoms with E-state index in [1.54, 1.807) is 7.11 Å². The van der Waals surface area contributed by atoms with Crippen molar-refractivity contribution in [1.29, 1.82) is 0 Å². The van der Waals surface area contributed by atoms with Crippen molar-refractivity contribution in [3.63, 3.8) is 0 Å². The summed E-state index contributed by atoms with van der Waals surface area (Å²) >= 11 is 0. The highest BCUT2D eigenvalue weighted by Gasteiger charge is 2.20. The van der Waals surface area contributed by atoms with Gasteiger partial charge in [-0.15, -0.1) is 0 Å². The van der Waals surface area contributed by atoms with E-state index >= 15 is 0 Å². The molecule has 1 aromatic carbocycles. The Balaban J connectivity index is 1.95. The molecule has 1 N–H and O–H groups in total. The molecule has 0 radical (unpaired) electrons. The predicted octanol–water partition coefficient (Wildman–Crippen LogP) is 3.43. The van der Waals surface area contributed by atoms with Crippen LogP contribution in [0.4, 0.5) is 5.69 Å². The van der Waals surface area contributed by atoms with Gasteiger partial charge in [0.1, 0.15) is 0 Å². The van der Waals surface area contributed by atoms with E-state index in [0.29, 0.717) is 12.6 Å². The first-order valence-electron chi connectivity index (χ1n) is 6.12. The van der Waals surface area contributed by atoms with Crippen molar-refractivity contribution in [3.05, 3.63) is 29.8 Å². The zero-order chi connectivity index (χ0) is 11.4. The van der Waals surface area contributed by atoms with Crippen molar-refractivity contribution in [1.82, 2.24) is 0 Å². The lowest BCUT2D eigenvalue weighted by atomic mass is 10.1. The van der Waals surface area contributed by atoms with E-state index < -0.39 is 0 Å². The van der Waals surface area contributed by atoms with Crippen molar-refractivity contribution in [3.8, 4) is 0 Å². The number of nitrogens with one attached hydrogen (secondary N) is 1. The van der Waals surface area contributed by atoms with Gasteiger partial charge in [0.15, 0.2) is 0 Å². The first-order valence-corrected chi connectivity index (χ1v) is 6.12. The summed E-state index contributed by atoms with van der Waals surface area (Å²) in [5.41, 5.74) is 2.46. The summed E-state index contributed by atoms with van der Waals surface area (Å²) in [6, 6.07) is 9.18. The maximum atomic E-state index is 5.14. The maximum Gasteiger partial charge on any atom is 0.0713 e. The molecule has 1 fully saturated rings. The zero-order valence-corrected chi connectivity index (χ0v) is 10.2. The fourth-order valence-corrected chi connectivity index (χ4v) is 2.49. The molecule has 16 heavy (non-hydrogen) atoms. The molecule has 1 aliphatic carbocycles. The number of hydrogen-bond donors (Lipinski definition) is 1. The van der Waals surface area contributed by atoms with Gasteiger partial charge >= 0.3 is 0 Å². The molecule has 2 unspecified atom stereocenters. The van der Waals surface area contributed by atoms with Crippen molar-refractivity contribution in [2.75, 3.05) is 12.4 Å². The van der Waals surface area contributed by atoms with Crippen molar-refractivity contribution < 1.29 is 4.74 Å². The minimum absolute atomic E-state index is 0.660. The monoisotopic (exact) mass is 219 g/mol. The van der Waals surface area contributed by atoms with Gasteiger partial charge in [0.05, 0.1) is 6.61 Å². The highest BCUT2D eigenvalue weighted by Crippen LogP contribution is 2.27. The first-order chi connectivity index (χ1) is 7.78. The summed E-state index contributed by atoms with van der Waals surface area (Å²) in [6.45, 7) is 3.03. The molecule has 1 saturated carbocycles. The standard InChI is InChI=1S/C14H21NO/c1-11-6-7-14(8-11)15-13-5-3-4-12(9-13)10-16-2/h3-5,9,11,14-15H,6-8,10H2,1-2H3. The van der Waals surface area contributed by atoms with E-state index in [1.807, 2.05) is 0 Å². The molecule has 0 bridgehead atoms. The average molecular weight is 219 g/mol. The molecular formula is C14H21NO. The topological polar surface area (TPSA) is 21.3 Å². The summed E-state index contributed by atoms with van der Waals surface area (Å²) < 4.78 is 5.14. The number of anilines is 1. The third kappa shape index (κ3) is 2.99. The summed E-state index contributed by atoms with van der Waals surface area (Å²) in [7, 11) is 1.73. The van der Waals surface area contributed by atoms with Gasteiger partial charge in [0.2, 0.25) is 0 Å². The molecule has 2 heteroatoms. The quantitative estimate of drug-likeness (QED) is 0.837. The second-order valence-electron chi connectivity index (χ2n) is 4.89. The van der Waals surface area contributed by atoms with Crippen LogP contribution in [-0.2, 0) is 11.3 Å². The lowest BCUT2D eigenvalue weighted by molar-refractivity contribution is 0.185. The number of benzene rings is 1. The Bertz CT molecular complexity index is 337. The summed E-state index contributed by atoms with van der Waals surface area (Å²) in [4.78, 5) is 0. The Labute approximate surface area is 98.0 Å². The van der Waals surface area contributed by atoms with Crippen LogP contribution in [-0.4, -0.2) is 13.2 Å². The smallest absolute Gasteiger partial charge is 0.0713 e. The van der Waals surface area contributed by atoms with Crippen LogP contribution in [0.2, 0.25) is 0 Å². The Morgan fingerprint density at radius 2 is 2.25 bits per heavy atom. The molecule has 2 rings (SSSR count). The lowest BCUT2D eigenvalue weighted by Crippen LogP contribution is -2.15. The summed E-state index contributed by atoms with van der Waals surface area (Å²) in [5, 5.41) is 3.61. The number of hydrogen-bond acceptors (Lipinski definition) is 2. The molecule has 1 aromatic rings. The number of ether oxygens (including phenoxy) is 1. The molecular weight excluding hydrogens is 198 g/mol. The van der Waals surface area contributed by atoms with Gasteiger partial charge in [-0.25, -0.2) is 0 Å². The SMILES string of the molecule is COCc1cccc(NC2CCC(C)C2)c1. The normalized spacial score (nSPS) is 24.6. The fourth-order valence-electron chi connectivity index (χ4n) is 2.49. The second-order valence-corrected chi connectivity index (χ2v) is 4.89. The van der Waals surface area contributed by atoms with Crippen molar-refractivity contribution in [2.45, 2.75) is 38.8 Å². The molecule has 0 saturated heterocycles. The van der Waals surface area contributed by atoms with Crippen LogP contribution in [0.1, 0.15) is 31.7 Å². The Morgan fingerprint density at radius 1 is 1.38 bits per heavy atom. The Kier molecular flexibility index (Phi) is 3.83. The van der Waals surface area contributed by atoms with Gasteiger partial charge in [-0.3, -0.25) is 0 Å². The van der Waals surface area contributed by atoms with E-state index in [2.05, 4.69) is 36.5 Å². The van der Waals surface area contributed by atoms with Crippen LogP contribution in [0.5, 0.6) is 0 Å². The Morgan fingerprint density at radius 3 is 2.94 bits per heavy atom. The largest absolute Gasteiger partial charge is 0.382 e. The van der Waals surface area contributed by atoms with Crippen molar-refractivity contribution in [2.24, 2.45) is 5.92 Å². The third-order valence-corrected chi connectivity index (χ3v) is 3.30. The minimum Gasteiger partial charge on any atom is -0.382 e. The molecule has 0 amide bonds. The molecule has 0 aliphatic heterocycles. The van der Waals surface area contributed by atoms with Gasteiger partial charge in [-0.1, -0.05) is 19.1 Å². The summed E-state index contributed by atoms with van der Waals surface area (Å²) in [5.74, 6) is 0.875. The molecule has 2 atom stereocenters. The minimum atomic E-state index is 0.660. The molecule has 0 aromatic heterocycles. The van der Waals surface area contributed by atoms with Crippen LogP contribution in [0.3, 0.4) is 0 Å². The molecule has 1 aliphatic rings. The van der Waals surface area contributed by atoms with E-state index in [-0.39, 0.29) is 0 Å². The van der Waals surface area contributed by atoms with Gasteiger partial charge in [-0.05, 0) is 42.9 Å². The molecule has 2 nitrogen and oxygen atoms in total. The Hall–Kier alpha value is -1.02. The van der Waals surface area contributed by atoms with E-state index in [4.69, 9.17) is 4.74 Å². The van der Waals surface area contributed by atoms with Crippen LogP contribution in [0.25, 0.3) is 0 Å². The van der Waals surface area contributed by atoms with Gasteiger partial charge in [0, 0.05) is 18.8 Å². The van der Waals surface area contributed by atoms with Crippen molar-refractivity contribution >= 4 is 5.69 Å². The summed E-state index contributed by atoms with van der Waals surface area (Å²) in [6.07, 6.45) is 3.96. The fraction of sp³-hybridized carbons (Fsp3) is 0.571. The molecule has 0 spiro atoms. The third-order valence-electron chi connectivity index (χ3n) is 3.30. The van der Waals surface area contributed by atoms with E-state index in [1.165, 1.54) is 30.5 Å². The number of rotatable bonds is 4. The highest BCUT2D eigenvalue weighted by molar-refractivity contribution is 5.46. The van der Waals surface area contributed by atoms with Crippen LogP contribution >= 0.6 is 0 Å². The van der Waals surface area contributed by atoms with Crippen LogP contribution in [0.15, 0.2) is 24.3 Å². The second kappa shape index (κ2) is 5.35.